The van der Waals surface area contributed by atoms with Crippen LogP contribution in [0.15, 0.2) is 0 Å². The highest BCUT2D eigenvalue weighted by Gasteiger charge is 2.60. The Morgan fingerprint density at radius 1 is 0.714 bits per heavy atom. The van der Waals surface area contributed by atoms with E-state index < -0.39 is 18.0 Å². The van der Waals surface area contributed by atoms with E-state index in [1.807, 2.05) is 0 Å². The first-order chi connectivity index (χ1) is 13.8. The van der Waals surface area contributed by atoms with Crippen LogP contribution >= 0.6 is 0 Å². The predicted octanol–water partition coefficient (Wildman–Crippen LogP) is 3.50. The molecule has 0 radical (unpaired) electrons. The normalized spacial score (nSPS) is 46.4. The molecule has 5 aliphatic rings. The van der Waals surface area contributed by atoms with E-state index in [4.69, 9.17) is 23.7 Å². The van der Waals surface area contributed by atoms with Gasteiger partial charge < -0.3 is 28.8 Å². The second kappa shape index (κ2) is 8.48. The quantitative estimate of drug-likeness (QED) is 0.721. The van der Waals surface area contributed by atoms with Crippen LogP contribution in [0.4, 0.5) is 0 Å². The number of hydrogen-bond acceptors (Lipinski definition) is 6. The van der Waals surface area contributed by atoms with E-state index in [9.17, 15) is 5.11 Å². The largest absolute Gasteiger partial charge is 0.385 e. The van der Waals surface area contributed by atoms with Gasteiger partial charge in [0, 0.05) is 11.8 Å². The fourth-order valence-electron chi connectivity index (χ4n) is 5.81. The van der Waals surface area contributed by atoms with E-state index in [0.717, 1.165) is 25.7 Å². The fraction of sp³-hybridized carbons (Fsp3) is 1.00. The Morgan fingerprint density at radius 3 is 1.96 bits per heavy atom. The molecule has 3 saturated heterocycles. The lowest BCUT2D eigenvalue weighted by Gasteiger charge is -2.41. The molecule has 2 unspecified atom stereocenters. The smallest absolute Gasteiger partial charge is 0.223 e. The molecular weight excluding hydrogens is 360 g/mol. The summed E-state index contributed by atoms with van der Waals surface area (Å²) in [6.45, 7) is 0.668. The summed E-state index contributed by atoms with van der Waals surface area (Å²) >= 11 is 0. The molecule has 0 bridgehead atoms. The number of aliphatic hydroxyl groups excluding tert-OH is 1. The molecule has 160 valence electrons. The third kappa shape index (κ3) is 3.77. The summed E-state index contributed by atoms with van der Waals surface area (Å²) in [5.41, 5.74) is 0. The standard InChI is InChI=1S/C22H36O6/c23-19-18-17(26-21(27-18)16-11-7-3-4-8-12-16)13-25-22(19)14-24-20(28-22)15-9-5-1-2-6-10-15/h15-21,23H,1-14H2/t17-,18-,19+,20?,21?,22+/m1/s1. The van der Waals surface area contributed by atoms with Gasteiger partial charge in [-0.15, -0.1) is 0 Å². The molecule has 0 aromatic heterocycles. The van der Waals surface area contributed by atoms with Crippen molar-refractivity contribution in [2.45, 2.75) is 114 Å². The van der Waals surface area contributed by atoms with Crippen LogP contribution in [-0.2, 0) is 23.7 Å². The van der Waals surface area contributed by atoms with Crippen molar-refractivity contribution in [3.8, 4) is 0 Å². The van der Waals surface area contributed by atoms with Gasteiger partial charge in [-0.1, -0.05) is 51.4 Å². The van der Waals surface area contributed by atoms with E-state index in [1.165, 1.54) is 51.4 Å². The zero-order valence-corrected chi connectivity index (χ0v) is 16.9. The maximum Gasteiger partial charge on any atom is 0.223 e. The van der Waals surface area contributed by atoms with E-state index in [-0.39, 0.29) is 25.3 Å². The van der Waals surface area contributed by atoms with Crippen LogP contribution in [0.1, 0.15) is 77.0 Å². The summed E-state index contributed by atoms with van der Waals surface area (Å²) in [4.78, 5) is 0. The lowest BCUT2D eigenvalue weighted by molar-refractivity contribution is -0.316. The van der Waals surface area contributed by atoms with Gasteiger partial charge in [0.15, 0.2) is 12.6 Å². The Kier molecular flexibility index (Phi) is 5.97. The molecule has 0 aromatic rings. The molecule has 5 rings (SSSR count). The Hall–Kier alpha value is -0.240. The van der Waals surface area contributed by atoms with Gasteiger partial charge in [0.1, 0.15) is 24.9 Å². The Bertz CT molecular complexity index is 495. The summed E-state index contributed by atoms with van der Waals surface area (Å²) in [5, 5.41) is 11.1. The van der Waals surface area contributed by atoms with Gasteiger partial charge in [-0.25, -0.2) is 0 Å². The highest BCUT2D eigenvalue weighted by molar-refractivity contribution is 4.99. The maximum atomic E-state index is 11.1. The van der Waals surface area contributed by atoms with E-state index in [2.05, 4.69) is 0 Å². The second-order valence-electron chi connectivity index (χ2n) is 9.51. The van der Waals surface area contributed by atoms with Crippen molar-refractivity contribution in [3.63, 3.8) is 0 Å². The van der Waals surface area contributed by atoms with Crippen LogP contribution < -0.4 is 0 Å². The van der Waals surface area contributed by atoms with Crippen molar-refractivity contribution in [3.05, 3.63) is 0 Å². The molecule has 2 saturated carbocycles. The minimum Gasteiger partial charge on any atom is -0.385 e. The minimum absolute atomic E-state index is 0.214. The van der Waals surface area contributed by atoms with E-state index in [0.29, 0.717) is 18.4 Å². The molecule has 0 aromatic carbocycles. The van der Waals surface area contributed by atoms with Crippen molar-refractivity contribution < 1.29 is 28.8 Å². The monoisotopic (exact) mass is 396 g/mol. The molecule has 3 aliphatic heterocycles. The first-order valence-corrected chi connectivity index (χ1v) is 11.7. The Balaban J connectivity index is 1.23. The van der Waals surface area contributed by atoms with Gasteiger partial charge in [0.05, 0.1) is 6.61 Å². The summed E-state index contributed by atoms with van der Waals surface area (Å²) < 4.78 is 30.8. The Morgan fingerprint density at radius 2 is 1.32 bits per heavy atom. The van der Waals surface area contributed by atoms with Crippen LogP contribution in [0.3, 0.4) is 0 Å². The molecule has 1 spiro atoms. The van der Waals surface area contributed by atoms with Gasteiger partial charge in [0.2, 0.25) is 5.79 Å². The van der Waals surface area contributed by atoms with E-state index >= 15 is 0 Å². The van der Waals surface area contributed by atoms with Crippen molar-refractivity contribution in [1.82, 2.24) is 0 Å². The molecule has 3 heterocycles. The molecule has 6 nitrogen and oxygen atoms in total. The predicted molar refractivity (Wildman–Crippen MR) is 101 cm³/mol. The van der Waals surface area contributed by atoms with Crippen LogP contribution in [0, 0.1) is 11.8 Å². The molecular formula is C22H36O6. The highest BCUT2D eigenvalue weighted by Crippen LogP contribution is 2.44. The molecule has 6 atom stereocenters. The number of rotatable bonds is 2. The minimum atomic E-state index is -1.10. The van der Waals surface area contributed by atoms with Crippen molar-refractivity contribution in [2.75, 3.05) is 13.2 Å². The first kappa shape index (κ1) is 19.7. The van der Waals surface area contributed by atoms with Crippen molar-refractivity contribution >= 4 is 0 Å². The molecule has 2 aliphatic carbocycles. The average molecular weight is 397 g/mol. The summed E-state index contributed by atoms with van der Waals surface area (Å²) in [5.74, 6) is -0.273. The third-order valence-corrected chi connectivity index (χ3v) is 7.55. The first-order valence-electron chi connectivity index (χ1n) is 11.7. The summed E-state index contributed by atoms with van der Waals surface area (Å²) in [7, 11) is 0. The maximum absolute atomic E-state index is 11.1. The zero-order chi connectivity index (χ0) is 19.0. The number of fused-ring (bicyclic) bond motifs is 1. The SMILES string of the molecule is O[C@H]1[C@@H]2OC(C3CCCCCC3)O[C@@H]2CO[C@]12COC(C1CCCCCC1)O2. The summed E-state index contributed by atoms with van der Waals surface area (Å²) in [6.07, 6.45) is 12.7. The summed E-state index contributed by atoms with van der Waals surface area (Å²) in [6, 6.07) is 0. The zero-order valence-electron chi connectivity index (χ0n) is 16.9. The van der Waals surface area contributed by atoms with Gasteiger partial charge in [-0.2, -0.15) is 0 Å². The third-order valence-electron chi connectivity index (χ3n) is 7.55. The van der Waals surface area contributed by atoms with Crippen LogP contribution in [-0.4, -0.2) is 55.0 Å². The van der Waals surface area contributed by atoms with E-state index in [1.54, 1.807) is 0 Å². The topological polar surface area (TPSA) is 66.4 Å². The van der Waals surface area contributed by atoms with Crippen LogP contribution in [0.5, 0.6) is 0 Å². The van der Waals surface area contributed by atoms with Crippen LogP contribution in [0.2, 0.25) is 0 Å². The molecule has 28 heavy (non-hydrogen) atoms. The molecule has 1 N–H and O–H groups in total. The highest BCUT2D eigenvalue weighted by atomic mass is 16.8. The Labute approximate surface area is 168 Å². The second-order valence-corrected chi connectivity index (χ2v) is 9.51. The lowest BCUT2D eigenvalue weighted by atomic mass is 9.97. The van der Waals surface area contributed by atoms with Crippen LogP contribution in [0.25, 0.3) is 0 Å². The number of ether oxygens (including phenoxy) is 5. The van der Waals surface area contributed by atoms with Gasteiger partial charge >= 0.3 is 0 Å². The average Bonchev–Trinajstić information content (AvgIpc) is 3.09. The van der Waals surface area contributed by atoms with Crippen molar-refractivity contribution in [2.24, 2.45) is 11.8 Å². The molecule has 5 fully saturated rings. The van der Waals surface area contributed by atoms with Gasteiger partial charge in [-0.3, -0.25) is 0 Å². The van der Waals surface area contributed by atoms with Crippen molar-refractivity contribution in [1.29, 1.82) is 0 Å². The lowest BCUT2D eigenvalue weighted by Crippen LogP contribution is -2.61. The number of aliphatic hydroxyl groups is 1. The van der Waals surface area contributed by atoms with Gasteiger partial charge in [-0.05, 0) is 25.7 Å². The molecule has 6 heteroatoms. The fourth-order valence-corrected chi connectivity index (χ4v) is 5.81. The number of hydrogen-bond donors (Lipinski definition) is 1. The molecule has 0 amide bonds. The van der Waals surface area contributed by atoms with Gasteiger partial charge in [0.25, 0.3) is 0 Å².